The van der Waals surface area contributed by atoms with Crippen LogP contribution in [0.1, 0.15) is 25.7 Å². The van der Waals surface area contributed by atoms with E-state index in [0.29, 0.717) is 17.4 Å². The standard InChI is InChI=1S/C14H16BrFN2O3/c15-9-4-5-11(16)12(7-9)17-14(21)18-6-2-1-3-10(18)8-13(19)20/h4-5,7,10H,1-3,6,8H2,(H,17,21)(H,19,20). The van der Waals surface area contributed by atoms with Gasteiger partial charge in [0.1, 0.15) is 5.82 Å². The number of anilines is 1. The van der Waals surface area contributed by atoms with Gasteiger partial charge in [0.15, 0.2) is 0 Å². The van der Waals surface area contributed by atoms with Crippen LogP contribution >= 0.6 is 15.9 Å². The van der Waals surface area contributed by atoms with Crippen molar-refractivity contribution in [1.29, 1.82) is 0 Å². The van der Waals surface area contributed by atoms with Gasteiger partial charge in [-0.1, -0.05) is 15.9 Å². The summed E-state index contributed by atoms with van der Waals surface area (Å²) in [6.07, 6.45) is 2.28. The van der Waals surface area contributed by atoms with Crippen molar-refractivity contribution in [2.75, 3.05) is 11.9 Å². The minimum atomic E-state index is -0.937. The van der Waals surface area contributed by atoms with Crippen molar-refractivity contribution in [1.82, 2.24) is 4.90 Å². The second-order valence-electron chi connectivity index (χ2n) is 5.00. The third-order valence-corrected chi connectivity index (χ3v) is 3.96. The van der Waals surface area contributed by atoms with Crippen molar-refractivity contribution < 1.29 is 19.1 Å². The highest BCUT2D eigenvalue weighted by atomic mass is 79.9. The first kappa shape index (κ1) is 15.8. The Bertz CT molecular complexity index is 553. The summed E-state index contributed by atoms with van der Waals surface area (Å²) in [6, 6.07) is 3.47. The fraction of sp³-hybridized carbons (Fsp3) is 0.429. The molecule has 0 saturated carbocycles. The van der Waals surface area contributed by atoms with E-state index in [1.807, 2.05) is 0 Å². The Morgan fingerprint density at radius 3 is 2.90 bits per heavy atom. The molecule has 1 aliphatic heterocycles. The average molecular weight is 359 g/mol. The minimum absolute atomic E-state index is 0.0778. The molecule has 1 saturated heterocycles. The van der Waals surface area contributed by atoms with E-state index in [1.54, 1.807) is 6.07 Å². The number of urea groups is 1. The number of amides is 2. The lowest BCUT2D eigenvalue weighted by molar-refractivity contribution is -0.138. The Labute approximate surface area is 130 Å². The molecule has 2 amide bonds. The van der Waals surface area contributed by atoms with Crippen LogP contribution in [0.3, 0.4) is 0 Å². The molecular formula is C14H16BrFN2O3. The number of piperidine rings is 1. The zero-order valence-corrected chi connectivity index (χ0v) is 12.9. The van der Waals surface area contributed by atoms with Gasteiger partial charge in [0, 0.05) is 17.1 Å². The molecule has 5 nitrogen and oxygen atoms in total. The number of rotatable bonds is 3. The van der Waals surface area contributed by atoms with Crippen LogP contribution in [-0.2, 0) is 4.79 Å². The number of hydrogen-bond acceptors (Lipinski definition) is 2. The molecule has 0 aromatic heterocycles. The topological polar surface area (TPSA) is 69.6 Å². The Balaban J connectivity index is 2.10. The number of halogens is 2. The number of nitrogens with one attached hydrogen (secondary N) is 1. The first-order valence-electron chi connectivity index (χ1n) is 6.72. The molecule has 1 aliphatic rings. The molecule has 0 aliphatic carbocycles. The van der Waals surface area contributed by atoms with E-state index in [0.717, 1.165) is 12.8 Å². The smallest absolute Gasteiger partial charge is 0.322 e. The van der Waals surface area contributed by atoms with Gasteiger partial charge in [-0.2, -0.15) is 0 Å². The number of benzene rings is 1. The fourth-order valence-electron chi connectivity index (χ4n) is 2.46. The molecule has 1 aromatic rings. The number of hydrogen-bond donors (Lipinski definition) is 2. The Kier molecular flexibility index (Phi) is 5.17. The predicted molar refractivity (Wildman–Crippen MR) is 79.7 cm³/mol. The highest BCUT2D eigenvalue weighted by molar-refractivity contribution is 9.10. The first-order chi connectivity index (χ1) is 9.97. The number of aliphatic carboxylic acids is 1. The number of likely N-dealkylation sites (tertiary alicyclic amines) is 1. The second-order valence-corrected chi connectivity index (χ2v) is 5.91. The van der Waals surface area contributed by atoms with E-state index in [2.05, 4.69) is 21.2 Å². The van der Waals surface area contributed by atoms with E-state index in [1.165, 1.54) is 17.0 Å². The molecular weight excluding hydrogens is 343 g/mol. The Morgan fingerprint density at radius 2 is 2.19 bits per heavy atom. The van der Waals surface area contributed by atoms with E-state index >= 15 is 0 Å². The summed E-state index contributed by atoms with van der Waals surface area (Å²) in [6.45, 7) is 0.486. The largest absolute Gasteiger partial charge is 0.481 e. The van der Waals surface area contributed by atoms with Crippen LogP contribution in [0.15, 0.2) is 22.7 Å². The van der Waals surface area contributed by atoms with Crippen LogP contribution in [0.2, 0.25) is 0 Å². The molecule has 2 N–H and O–H groups in total. The zero-order valence-electron chi connectivity index (χ0n) is 11.3. The van der Waals surface area contributed by atoms with Gasteiger partial charge < -0.3 is 15.3 Å². The zero-order chi connectivity index (χ0) is 15.4. The summed E-state index contributed by atoms with van der Waals surface area (Å²) in [5, 5.41) is 11.4. The van der Waals surface area contributed by atoms with Crippen LogP contribution in [0, 0.1) is 5.82 Å². The lowest BCUT2D eigenvalue weighted by atomic mass is 10.00. The van der Waals surface area contributed by atoms with Crippen molar-refractivity contribution in [2.45, 2.75) is 31.7 Å². The summed E-state index contributed by atoms with van der Waals surface area (Å²) in [5.41, 5.74) is 0.0778. The molecule has 1 aromatic carbocycles. The van der Waals surface area contributed by atoms with Gasteiger partial charge in [-0.3, -0.25) is 4.79 Å². The molecule has 1 fully saturated rings. The average Bonchev–Trinajstić information content (AvgIpc) is 2.42. The summed E-state index contributed by atoms with van der Waals surface area (Å²) in [7, 11) is 0. The molecule has 21 heavy (non-hydrogen) atoms. The maximum Gasteiger partial charge on any atom is 0.322 e. The molecule has 0 radical (unpaired) electrons. The number of carbonyl (C=O) groups excluding carboxylic acids is 1. The molecule has 0 bridgehead atoms. The molecule has 7 heteroatoms. The van der Waals surface area contributed by atoms with Crippen LogP contribution in [0.25, 0.3) is 0 Å². The van der Waals surface area contributed by atoms with E-state index in [-0.39, 0.29) is 18.2 Å². The van der Waals surface area contributed by atoms with Crippen LogP contribution in [-0.4, -0.2) is 34.6 Å². The second kappa shape index (κ2) is 6.89. The molecule has 2 rings (SSSR count). The maximum absolute atomic E-state index is 13.7. The van der Waals surface area contributed by atoms with Gasteiger partial charge in [-0.05, 0) is 37.5 Å². The SMILES string of the molecule is O=C(O)CC1CCCCN1C(=O)Nc1cc(Br)ccc1F. The number of carboxylic acids is 1. The predicted octanol–water partition coefficient (Wildman–Crippen LogP) is 3.45. The Hall–Kier alpha value is -1.63. The van der Waals surface area contributed by atoms with Gasteiger partial charge in [0.2, 0.25) is 0 Å². The number of nitrogens with zero attached hydrogens (tertiary/aromatic N) is 1. The molecule has 0 spiro atoms. The molecule has 1 atom stereocenters. The Morgan fingerprint density at radius 1 is 1.43 bits per heavy atom. The van der Waals surface area contributed by atoms with Gasteiger partial charge >= 0.3 is 12.0 Å². The normalized spacial score (nSPS) is 18.4. The van der Waals surface area contributed by atoms with Crippen molar-refractivity contribution in [3.8, 4) is 0 Å². The number of carboxylic acid groups (broad SMARTS) is 1. The van der Waals surface area contributed by atoms with E-state index < -0.39 is 17.8 Å². The van der Waals surface area contributed by atoms with Crippen LogP contribution in [0.5, 0.6) is 0 Å². The fourth-order valence-corrected chi connectivity index (χ4v) is 2.82. The quantitative estimate of drug-likeness (QED) is 0.869. The van der Waals surface area contributed by atoms with Crippen molar-refractivity contribution >= 4 is 33.6 Å². The molecule has 1 unspecified atom stereocenters. The van der Waals surface area contributed by atoms with Gasteiger partial charge in [0.05, 0.1) is 12.1 Å². The van der Waals surface area contributed by atoms with Gasteiger partial charge in [-0.25, -0.2) is 9.18 Å². The van der Waals surface area contributed by atoms with Crippen LogP contribution < -0.4 is 5.32 Å². The lowest BCUT2D eigenvalue weighted by Crippen LogP contribution is -2.46. The third kappa shape index (κ3) is 4.17. The van der Waals surface area contributed by atoms with Crippen molar-refractivity contribution in [3.05, 3.63) is 28.5 Å². The van der Waals surface area contributed by atoms with Gasteiger partial charge in [-0.15, -0.1) is 0 Å². The lowest BCUT2D eigenvalue weighted by Gasteiger charge is -2.34. The van der Waals surface area contributed by atoms with E-state index in [4.69, 9.17) is 5.11 Å². The molecule has 1 heterocycles. The minimum Gasteiger partial charge on any atom is -0.481 e. The van der Waals surface area contributed by atoms with Crippen LogP contribution in [0.4, 0.5) is 14.9 Å². The third-order valence-electron chi connectivity index (χ3n) is 3.47. The highest BCUT2D eigenvalue weighted by Crippen LogP contribution is 2.23. The first-order valence-corrected chi connectivity index (χ1v) is 7.51. The maximum atomic E-state index is 13.7. The van der Waals surface area contributed by atoms with E-state index in [9.17, 15) is 14.0 Å². The summed E-state index contributed by atoms with van der Waals surface area (Å²) < 4.78 is 14.3. The summed E-state index contributed by atoms with van der Waals surface area (Å²) >= 11 is 3.22. The van der Waals surface area contributed by atoms with Gasteiger partial charge in [0.25, 0.3) is 0 Å². The monoisotopic (exact) mass is 358 g/mol. The summed E-state index contributed by atoms with van der Waals surface area (Å²) in [4.78, 5) is 24.6. The molecule has 114 valence electrons. The number of carbonyl (C=O) groups is 2. The van der Waals surface area contributed by atoms with Crippen molar-refractivity contribution in [3.63, 3.8) is 0 Å². The summed E-state index contributed by atoms with van der Waals surface area (Å²) in [5.74, 6) is -1.47. The highest BCUT2D eigenvalue weighted by Gasteiger charge is 2.28. The van der Waals surface area contributed by atoms with Crippen molar-refractivity contribution in [2.24, 2.45) is 0 Å².